The number of carbonyl (C=O) groups is 1. The largest absolute Gasteiger partial charge is 0.350 e. The fourth-order valence-corrected chi connectivity index (χ4v) is 3.55. The van der Waals surface area contributed by atoms with Crippen molar-refractivity contribution in [3.63, 3.8) is 0 Å². The minimum absolute atomic E-state index is 0.121. The first-order valence-electron chi connectivity index (χ1n) is 9.08. The Labute approximate surface area is 182 Å². The number of carbonyl (C=O) groups excluding carboxylic acids is 1. The lowest BCUT2D eigenvalue weighted by Gasteiger charge is -2.07. The lowest BCUT2D eigenvalue weighted by atomic mass is 10.2. The minimum Gasteiger partial charge on any atom is -0.350 e. The zero-order valence-corrected chi connectivity index (χ0v) is 17.5. The van der Waals surface area contributed by atoms with Gasteiger partial charge in [0.05, 0.1) is 0 Å². The number of halogens is 3. The lowest BCUT2D eigenvalue weighted by molar-refractivity contribution is -0.122. The molecule has 1 saturated carbocycles. The number of benzene rings is 2. The second-order valence-corrected chi connectivity index (χ2v) is 8.16. The molecule has 1 aromatic heterocycles. The molecule has 1 N–H and O–H groups in total. The van der Waals surface area contributed by atoms with Crippen LogP contribution in [-0.4, -0.2) is 20.3 Å². The average Bonchev–Trinajstić information content (AvgIpc) is 3.48. The second kappa shape index (κ2) is 8.22. The summed E-state index contributed by atoms with van der Waals surface area (Å²) in [6.07, 6.45) is 1.84. The molecular formula is C20H17Cl3N4O2. The zero-order chi connectivity index (χ0) is 20.5. The van der Waals surface area contributed by atoms with E-state index in [4.69, 9.17) is 34.8 Å². The molecule has 9 heteroatoms. The van der Waals surface area contributed by atoms with Gasteiger partial charge in [0.25, 0.3) is 0 Å². The third-order valence-electron chi connectivity index (χ3n) is 4.66. The molecule has 150 valence electrons. The van der Waals surface area contributed by atoms with E-state index in [1.165, 1.54) is 4.68 Å². The molecule has 0 atom stereocenters. The highest BCUT2D eigenvalue weighted by Crippen LogP contribution is 2.36. The molecule has 6 nitrogen and oxygen atoms in total. The van der Waals surface area contributed by atoms with E-state index in [1.807, 2.05) is 12.1 Å². The van der Waals surface area contributed by atoms with Gasteiger partial charge in [0.15, 0.2) is 5.82 Å². The standard InChI is InChI=1S/C20H17Cl3N4O2/c21-14-3-1-12(2-4-14)19-25-26(20(29)27(19)16-6-7-16)11-18(28)24-10-13-9-15(22)5-8-17(13)23/h1-5,8-9,16H,6-7,10-11H2,(H,24,28). The Balaban J connectivity index is 1.53. The monoisotopic (exact) mass is 450 g/mol. The van der Waals surface area contributed by atoms with Crippen LogP contribution in [0.3, 0.4) is 0 Å². The van der Waals surface area contributed by atoms with Crippen molar-refractivity contribution in [2.45, 2.75) is 32.0 Å². The van der Waals surface area contributed by atoms with E-state index >= 15 is 0 Å². The Hall–Kier alpha value is -2.28. The van der Waals surface area contributed by atoms with Gasteiger partial charge in [-0.05, 0) is 60.9 Å². The van der Waals surface area contributed by atoms with E-state index in [2.05, 4.69) is 10.4 Å². The molecule has 0 unspecified atom stereocenters. The third-order valence-corrected chi connectivity index (χ3v) is 5.52. The summed E-state index contributed by atoms with van der Waals surface area (Å²) in [6.45, 7) is 0.0255. The van der Waals surface area contributed by atoms with E-state index in [9.17, 15) is 9.59 Å². The summed E-state index contributed by atoms with van der Waals surface area (Å²) in [5, 5.41) is 8.82. The predicted octanol–water partition coefficient (Wildman–Crippen LogP) is 4.32. The molecule has 1 amide bonds. The van der Waals surface area contributed by atoms with E-state index in [0.29, 0.717) is 26.5 Å². The van der Waals surface area contributed by atoms with Crippen molar-refractivity contribution in [1.29, 1.82) is 0 Å². The highest BCUT2D eigenvalue weighted by atomic mass is 35.5. The Morgan fingerprint density at radius 1 is 1.07 bits per heavy atom. The van der Waals surface area contributed by atoms with Gasteiger partial charge < -0.3 is 5.32 Å². The van der Waals surface area contributed by atoms with Crippen LogP contribution in [0.25, 0.3) is 11.4 Å². The number of hydrogen-bond donors (Lipinski definition) is 1. The van der Waals surface area contributed by atoms with Crippen molar-refractivity contribution in [1.82, 2.24) is 19.7 Å². The van der Waals surface area contributed by atoms with Gasteiger partial charge in [-0.25, -0.2) is 9.48 Å². The van der Waals surface area contributed by atoms with E-state index in [1.54, 1.807) is 34.9 Å². The summed E-state index contributed by atoms with van der Waals surface area (Å²) in [5.41, 5.74) is 1.18. The number of aromatic nitrogens is 3. The number of nitrogens with zero attached hydrogens (tertiary/aromatic N) is 3. The number of rotatable bonds is 6. The molecule has 4 rings (SSSR count). The SMILES string of the molecule is O=C(Cn1nc(-c2ccc(Cl)cc2)n(C2CC2)c1=O)NCc1cc(Cl)ccc1Cl. The molecule has 3 aromatic rings. The third kappa shape index (κ3) is 4.50. The van der Waals surface area contributed by atoms with Gasteiger partial charge in [-0.2, -0.15) is 0 Å². The summed E-state index contributed by atoms with van der Waals surface area (Å²) in [5.74, 6) is 0.200. The van der Waals surface area contributed by atoms with Crippen molar-refractivity contribution in [2.24, 2.45) is 0 Å². The highest BCUT2D eigenvalue weighted by molar-refractivity contribution is 6.33. The molecule has 1 heterocycles. The second-order valence-electron chi connectivity index (χ2n) is 6.88. The van der Waals surface area contributed by atoms with Gasteiger partial charge in [-0.1, -0.05) is 34.8 Å². The number of amides is 1. The van der Waals surface area contributed by atoms with Crippen molar-refractivity contribution in [3.05, 3.63) is 73.6 Å². The summed E-state index contributed by atoms with van der Waals surface area (Å²) < 4.78 is 2.85. The van der Waals surface area contributed by atoms with Gasteiger partial charge in [0.2, 0.25) is 5.91 Å². The first-order valence-corrected chi connectivity index (χ1v) is 10.2. The van der Waals surface area contributed by atoms with Crippen LogP contribution in [-0.2, 0) is 17.9 Å². The van der Waals surface area contributed by atoms with Crippen LogP contribution in [0.15, 0.2) is 47.3 Å². The van der Waals surface area contributed by atoms with E-state index in [0.717, 1.165) is 18.4 Å². The fourth-order valence-electron chi connectivity index (χ4n) is 3.05. The van der Waals surface area contributed by atoms with Gasteiger partial charge in [-0.3, -0.25) is 9.36 Å². The smallest absolute Gasteiger partial charge is 0.346 e. The van der Waals surface area contributed by atoms with Crippen LogP contribution in [0.1, 0.15) is 24.4 Å². The van der Waals surface area contributed by atoms with Crippen molar-refractivity contribution in [2.75, 3.05) is 0 Å². The van der Waals surface area contributed by atoms with Crippen LogP contribution >= 0.6 is 34.8 Å². The Kier molecular flexibility index (Phi) is 5.67. The van der Waals surface area contributed by atoms with Crippen molar-refractivity contribution in [3.8, 4) is 11.4 Å². The van der Waals surface area contributed by atoms with Gasteiger partial charge in [-0.15, -0.1) is 5.10 Å². The molecule has 0 radical (unpaired) electrons. The van der Waals surface area contributed by atoms with Gasteiger partial charge in [0, 0.05) is 33.2 Å². The predicted molar refractivity (Wildman–Crippen MR) is 114 cm³/mol. The maximum Gasteiger partial charge on any atom is 0.346 e. The quantitative estimate of drug-likeness (QED) is 0.607. The van der Waals surface area contributed by atoms with Gasteiger partial charge >= 0.3 is 5.69 Å². The first kappa shape index (κ1) is 20.0. The normalized spacial score (nSPS) is 13.5. The Bertz CT molecular complexity index is 1120. The summed E-state index contributed by atoms with van der Waals surface area (Å²) >= 11 is 18.0. The van der Waals surface area contributed by atoms with Crippen molar-refractivity contribution < 1.29 is 4.79 Å². The average molecular weight is 452 g/mol. The molecule has 1 fully saturated rings. The van der Waals surface area contributed by atoms with Gasteiger partial charge in [0.1, 0.15) is 6.54 Å². The Morgan fingerprint density at radius 3 is 2.45 bits per heavy atom. The molecule has 0 spiro atoms. The van der Waals surface area contributed by atoms with E-state index in [-0.39, 0.29) is 30.7 Å². The summed E-state index contributed by atoms with van der Waals surface area (Å²) in [7, 11) is 0. The van der Waals surface area contributed by atoms with Crippen LogP contribution in [0, 0.1) is 0 Å². The molecule has 2 aromatic carbocycles. The number of hydrogen-bond acceptors (Lipinski definition) is 3. The number of nitrogens with one attached hydrogen (secondary N) is 1. The van der Waals surface area contributed by atoms with Crippen LogP contribution in [0.4, 0.5) is 0 Å². The minimum atomic E-state index is -0.341. The molecule has 0 aliphatic heterocycles. The van der Waals surface area contributed by atoms with E-state index < -0.39 is 0 Å². The topological polar surface area (TPSA) is 68.9 Å². The molecule has 1 aliphatic rings. The van der Waals surface area contributed by atoms with Crippen LogP contribution in [0.2, 0.25) is 15.1 Å². The maximum atomic E-state index is 12.8. The zero-order valence-electron chi connectivity index (χ0n) is 15.2. The Morgan fingerprint density at radius 2 is 1.76 bits per heavy atom. The van der Waals surface area contributed by atoms with Crippen LogP contribution in [0.5, 0.6) is 0 Å². The van der Waals surface area contributed by atoms with Crippen LogP contribution < -0.4 is 11.0 Å². The lowest BCUT2D eigenvalue weighted by Crippen LogP contribution is -2.33. The fraction of sp³-hybridized carbons (Fsp3) is 0.250. The molecular weight excluding hydrogens is 435 g/mol. The molecule has 1 aliphatic carbocycles. The highest BCUT2D eigenvalue weighted by Gasteiger charge is 2.30. The summed E-state index contributed by atoms with van der Waals surface area (Å²) in [4.78, 5) is 25.2. The molecule has 0 saturated heterocycles. The molecule has 29 heavy (non-hydrogen) atoms. The first-order chi connectivity index (χ1) is 13.9. The van der Waals surface area contributed by atoms with Crippen molar-refractivity contribution >= 4 is 40.7 Å². The molecule has 0 bridgehead atoms. The summed E-state index contributed by atoms with van der Waals surface area (Å²) in [6, 6.07) is 12.3. The maximum absolute atomic E-state index is 12.8.